The minimum absolute atomic E-state index is 0.0903. The van der Waals surface area contributed by atoms with Crippen LogP contribution in [0.2, 0.25) is 0 Å². The third-order valence-electron chi connectivity index (χ3n) is 3.22. The smallest absolute Gasteiger partial charge is 0.0957 e. The Bertz CT molecular complexity index is 375. The van der Waals surface area contributed by atoms with E-state index in [4.69, 9.17) is 4.74 Å². The fraction of sp³-hybridized carbons (Fsp3) is 0.769. The van der Waals surface area contributed by atoms with E-state index < -0.39 is 5.60 Å². The van der Waals surface area contributed by atoms with Crippen molar-refractivity contribution in [1.29, 1.82) is 0 Å². The Morgan fingerprint density at radius 3 is 2.59 bits per heavy atom. The lowest BCUT2D eigenvalue weighted by atomic mass is 9.91. The van der Waals surface area contributed by atoms with E-state index in [1.54, 1.807) is 11.3 Å². The molecule has 1 fully saturated rings. The van der Waals surface area contributed by atoms with Crippen molar-refractivity contribution in [3.05, 3.63) is 16.1 Å². The first-order valence-corrected chi connectivity index (χ1v) is 7.02. The molecule has 1 aromatic rings. The number of rotatable bonds is 2. The summed E-state index contributed by atoms with van der Waals surface area (Å²) in [6, 6.07) is 0. The van der Waals surface area contributed by atoms with Crippen LogP contribution >= 0.6 is 11.3 Å². The third-order valence-corrected chi connectivity index (χ3v) is 4.07. The van der Waals surface area contributed by atoms with E-state index in [0.29, 0.717) is 19.6 Å². The second kappa shape index (κ2) is 4.67. The zero-order valence-corrected chi connectivity index (χ0v) is 11.6. The van der Waals surface area contributed by atoms with Crippen LogP contribution in [0.4, 0.5) is 0 Å². The van der Waals surface area contributed by atoms with E-state index in [2.05, 4.69) is 31.1 Å². The summed E-state index contributed by atoms with van der Waals surface area (Å²) in [5.74, 6) is 0. The van der Waals surface area contributed by atoms with Crippen LogP contribution in [0.15, 0.2) is 5.38 Å². The van der Waals surface area contributed by atoms with E-state index in [1.807, 2.05) is 0 Å². The fourth-order valence-corrected chi connectivity index (χ4v) is 3.10. The molecule has 0 unspecified atom stereocenters. The molecule has 0 saturated carbocycles. The Kier molecular flexibility index (Phi) is 3.57. The highest BCUT2D eigenvalue weighted by atomic mass is 32.1. The summed E-state index contributed by atoms with van der Waals surface area (Å²) in [6.45, 7) is 7.81. The predicted molar refractivity (Wildman–Crippen MR) is 69.5 cm³/mol. The van der Waals surface area contributed by atoms with Crippen molar-refractivity contribution in [2.24, 2.45) is 0 Å². The van der Waals surface area contributed by atoms with Gasteiger partial charge in [0.05, 0.1) is 16.3 Å². The van der Waals surface area contributed by atoms with E-state index in [1.165, 1.54) is 0 Å². The van der Waals surface area contributed by atoms with Crippen molar-refractivity contribution in [3.8, 4) is 0 Å². The Morgan fingerprint density at radius 1 is 1.41 bits per heavy atom. The topological polar surface area (TPSA) is 42.4 Å². The lowest BCUT2D eigenvalue weighted by Crippen LogP contribution is -2.38. The lowest BCUT2D eigenvalue weighted by Gasteiger charge is -2.31. The van der Waals surface area contributed by atoms with Gasteiger partial charge in [0.25, 0.3) is 0 Å². The molecule has 0 amide bonds. The third kappa shape index (κ3) is 3.27. The summed E-state index contributed by atoms with van der Waals surface area (Å²) in [7, 11) is 0. The molecule has 0 aliphatic carbocycles. The predicted octanol–water partition coefficient (Wildman–Crippen LogP) is 2.52. The molecule has 3 nitrogen and oxygen atoms in total. The number of hydrogen-bond donors (Lipinski definition) is 1. The van der Waals surface area contributed by atoms with Gasteiger partial charge in [0.1, 0.15) is 0 Å². The number of ether oxygens (including phenoxy) is 1. The van der Waals surface area contributed by atoms with E-state index in [0.717, 1.165) is 23.5 Å². The number of thiazole rings is 1. The molecule has 2 rings (SSSR count). The van der Waals surface area contributed by atoms with E-state index in [-0.39, 0.29) is 5.41 Å². The maximum Gasteiger partial charge on any atom is 0.0957 e. The number of aliphatic hydroxyl groups is 1. The van der Waals surface area contributed by atoms with Crippen LogP contribution in [-0.4, -0.2) is 28.9 Å². The first-order valence-electron chi connectivity index (χ1n) is 6.14. The highest BCUT2D eigenvalue weighted by Crippen LogP contribution is 2.29. The Labute approximate surface area is 107 Å². The minimum atomic E-state index is -0.606. The highest BCUT2D eigenvalue weighted by molar-refractivity contribution is 7.09. The summed E-state index contributed by atoms with van der Waals surface area (Å²) in [5.41, 5.74) is 0.603. The average Bonchev–Trinajstić information content (AvgIpc) is 2.66. The van der Waals surface area contributed by atoms with Gasteiger partial charge in [0.15, 0.2) is 0 Å². The van der Waals surface area contributed by atoms with Crippen molar-refractivity contribution in [2.75, 3.05) is 13.2 Å². The molecule has 1 N–H and O–H groups in total. The molecule has 0 atom stereocenters. The second-order valence-electron chi connectivity index (χ2n) is 5.89. The quantitative estimate of drug-likeness (QED) is 0.883. The molecule has 4 heteroatoms. The van der Waals surface area contributed by atoms with Crippen molar-refractivity contribution < 1.29 is 9.84 Å². The van der Waals surface area contributed by atoms with Gasteiger partial charge in [-0.25, -0.2) is 4.98 Å². The normalized spacial score (nSPS) is 20.5. The number of aromatic nitrogens is 1. The molecular formula is C13H21NO2S. The van der Waals surface area contributed by atoms with Gasteiger partial charge in [-0.1, -0.05) is 20.8 Å². The molecular weight excluding hydrogens is 234 g/mol. The molecule has 1 aromatic heterocycles. The molecule has 2 heterocycles. The van der Waals surface area contributed by atoms with Crippen LogP contribution in [0.1, 0.15) is 44.3 Å². The Hall–Kier alpha value is -0.450. The average molecular weight is 255 g/mol. The molecule has 1 saturated heterocycles. The van der Waals surface area contributed by atoms with Gasteiger partial charge in [-0.15, -0.1) is 11.3 Å². The summed E-state index contributed by atoms with van der Waals surface area (Å²) in [4.78, 5) is 4.64. The minimum Gasteiger partial charge on any atom is -0.389 e. The van der Waals surface area contributed by atoms with Crippen LogP contribution in [0.5, 0.6) is 0 Å². The first kappa shape index (κ1) is 13.0. The van der Waals surface area contributed by atoms with Gasteiger partial charge < -0.3 is 9.84 Å². The standard InChI is InChI=1S/C13H21NO2S/c1-12(2,3)10-9-17-11(14-10)8-13(15)4-6-16-7-5-13/h9,15H,4-8H2,1-3H3. The molecule has 17 heavy (non-hydrogen) atoms. The lowest BCUT2D eigenvalue weighted by molar-refractivity contribution is -0.0626. The van der Waals surface area contributed by atoms with Gasteiger partial charge in [-0.2, -0.15) is 0 Å². The highest BCUT2D eigenvalue weighted by Gasteiger charge is 2.31. The summed E-state index contributed by atoms with van der Waals surface area (Å²) < 4.78 is 5.29. The number of nitrogens with zero attached hydrogens (tertiary/aromatic N) is 1. The molecule has 0 spiro atoms. The van der Waals surface area contributed by atoms with E-state index >= 15 is 0 Å². The molecule has 0 bridgehead atoms. The maximum atomic E-state index is 10.4. The first-order chi connectivity index (χ1) is 7.89. The second-order valence-corrected chi connectivity index (χ2v) is 6.83. The van der Waals surface area contributed by atoms with Gasteiger partial charge in [0.2, 0.25) is 0 Å². The van der Waals surface area contributed by atoms with Crippen LogP contribution < -0.4 is 0 Å². The van der Waals surface area contributed by atoms with Crippen LogP contribution in [0.25, 0.3) is 0 Å². The van der Waals surface area contributed by atoms with Crippen molar-refractivity contribution >= 4 is 11.3 Å². The SMILES string of the molecule is CC(C)(C)c1csc(CC2(O)CCOCC2)n1. The van der Waals surface area contributed by atoms with Crippen molar-refractivity contribution in [2.45, 2.75) is 51.0 Å². The summed E-state index contributed by atoms with van der Waals surface area (Å²) >= 11 is 1.66. The zero-order chi connectivity index (χ0) is 12.5. The van der Waals surface area contributed by atoms with Crippen molar-refractivity contribution in [3.63, 3.8) is 0 Å². The molecule has 0 radical (unpaired) electrons. The summed E-state index contributed by atoms with van der Waals surface area (Å²) in [5, 5.41) is 13.6. The monoisotopic (exact) mass is 255 g/mol. The van der Waals surface area contributed by atoms with Crippen LogP contribution in [-0.2, 0) is 16.6 Å². The Balaban J connectivity index is 2.06. The fourth-order valence-electron chi connectivity index (χ4n) is 1.95. The van der Waals surface area contributed by atoms with E-state index in [9.17, 15) is 5.11 Å². The molecule has 1 aliphatic rings. The molecule has 1 aliphatic heterocycles. The largest absolute Gasteiger partial charge is 0.389 e. The molecule has 96 valence electrons. The van der Waals surface area contributed by atoms with Gasteiger partial charge in [-0.05, 0) is 12.8 Å². The summed E-state index contributed by atoms with van der Waals surface area (Å²) in [6.07, 6.45) is 2.10. The number of hydrogen-bond acceptors (Lipinski definition) is 4. The van der Waals surface area contributed by atoms with Crippen LogP contribution in [0, 0.1) is 0 Å². The van der Waals surface area contributed by atoms with Gasteiger partial charge in [0, 0.05) is 30.4 Å². The van der Waals surface area contributed by atoms with Gasteiger partial charge >= 0.3 is 0 Å². The van der Waals surface area contributed by atoms with Gasteiger partial charge in [-0.3, -0.25) is 0 Å². The maximum absolute atomic E-state index is 10.4. The molecule has 0 aromatic carbocycles. The zero-order valence-electron chi connectivity index (χ0n) is 10.8. The van der Waals surface area contributed by atoms with Crippen LogP contribution in [0.3, 0.4) is 0 Å². The Morgan fingerprint density at radius 2 is 2.06 bits per heavy atom. The van der Waals surface area contributed by atoms with Crippen molar-refractivity contribution in [1.82, 2.24) is 4.98 Å².